The molecule has 0 unspecified atom stereocenters. The Morgan fingerprint density at radius 2 is 2.06 bits per heavy atom. The predicted octanol–water partition coefficient (Wildman–Crippen LogP) is 2.97. The number of aromatic nitrogens is 1. The Labute approximate surface area is 107 Å². The first kappa shape index (κ1) is 12.3. The molecule has 1 aliphatic heterocycles. The van der Waals surface area contributed by atoms with Crippen LogP contribution in [0.2, 0.25) is 0 Å². The standard InChI is InChI=1S/C11H12BrFN2O2/c12-9-6-8(13)7-10(14-9)17-11(16)15-4-2-1-3-5-15/h6-7H,1-5H2. The zero-order valence-electron chi connectivity index (χ0n) is 9.16. The van der Waals surface area contributed by atoms with Crippen LogP contribution < -0.4 is 4.74 Å². The molecule has 0 N–H and O–H groups in total. The Hall–Kier alpha value is -1.17. The molecule has 1 aromatic heterocycles. The molecule has 1 fully saturated rings. The third-order valence-electron chi connectivity index (χ3n) is 2.54. The number of rotatable bonds is 1. The van der Waals surface area contributed by atoms with Crippen LogP contribution in [0.5, 0.6) is 5.88 Å². The Morgan fingerprint density at radius 1 is 1.35 bits per heavy atom. The molecule has 0 bridgehead atoms. The summed E-state index contributed by atoms with van der Waals surface area (Å²) in [6.45, 7) is 1.38. The van der Waals surface area contributed by atoms with Gasteiger partial charge >= 0.3 is 6.09 Å². The number of likely N-dealkylation sites (tertiary alicyclic amines) is 1. The molecule has 0 spiro atoms. The van der Waals surface area contributed by atoms with E-state index in [9.17, 15) is 9.18 Å². The summed E-state index contributed by atoms with van der Waals surface area (Å²) < 4.78 is 18.4. The van der Waals surface area contributed by atoms with Crippen molar-refractivity contribution in [3.05, 3.63) is 22.6 Å². The van der Waals surface area contributed by atoms with E-state index in [0.29, 0.717) is 17.7 Å². The number of halogens is 2. The summed E-state index contributed by atoms with van der Waals surface area (Å²) in [7, 11) is 0. The third-order valence-corrected chi connectivity index (χ3v) is 2.95. The van der Waals surface area contributed by atoms with Gasteiger partial charge in [0.15, 0.2) is 0 Å². The molecule has 2 heterocycles. The van der Waals surface area contributed by atoms with E-state index in [4.69, 9.17) is 4.74 Å². The summed E-state index contributed by atoms with van der Waals surface area (Å²) in [6, 6.07) is 2.30. The molecule has 17 heavy (non-hydrogen) atoms. The second-order valence-corrected chi connectivity index (χ2v) is 4.67. The second-order valence-electron chi connectivity index (χ2n) is 3.86. The van der Waals surface area contributed by atoms with Gasteiger partial charge in [0.05, 0.1) is 0 Å². The van der Waals surface area contributed by atoms with Crippen LogP contribution in [0.3, 0.4) is 0 Å². The predicted molar refractivity (Wildman–Crippen MR) is 63.3 cm³/mol. The normalized spacial score (nSPS) is 15.8. The van der Waals surface area contributed by atoms with Crippen molar-refractivity contribution in [1.82, 2.24) is 9.88 Å². The van der Waals surface area contributed by atoms with Crippen molar-refractivity contribution in [2.75, 3.05) is 13.1 Å². The summed E-state index contributed by atoms with van der Waals surface area (Å²) in [5.74, 6) is -0.513. The van der Waals surface area contributed by atoms with Gasteiger partial charge in [0, 0.05) is 25.2 Å². The third kappa shape index (κ3) is 3.39. The van der Waals surface area contributed by atoms with E-state index in [1.807, 2.05) is 0 Å². The Balaban J connectivity index is 2.01. The van der Waals surface area contributed by atoms with Gasteiger partial charge in [0.25, 0.3) is 0 Å². The quantitative estimate of drug-likeness (QED) is 0.749. The van der Waals surface area contributed by atoms with Gasteiger partial charge < -0.3 is 9.64 Å². The molecule has 1 aromatic rings. The van der Waals surface area contributed by atoms with E-state index in [1.165, 1.54) is 6.07 Å². The topological polar surface area (TPSA) is 42.4 Å². The van der Waals surface area contributed by atoms with Crippen molar-refractivity contribution >= 4 is 22.0 Å². The first-order valence-corrected chi connectivity index (χ1v) is 6.24. The number of ether oxygens (including phenoxy) is 1. The highest BCUT2D eigenvalue weighted by atomic mass is 79.9. The average molecular weight is 303 g/mol. The molecule has 0 saturated carbocycles. The van der Waals surface area contributed by atoms with Gasteiger partial charge in [-0.25, -0.2) is 14.2 Å². The van der Waals surface area contributed by atoms with Crippen molar-refractivity contribution in [2.45, 2.75) is 19.3 Å². The largest absolute Gasteiger partial charge is 0.416 e. The number of pyridine rings is 1. The van der Waals surface area contributed by atoms with E-state index in [-0.39, 0.29) is 5.88 Å². The minimum absolute atomic E-state index is 0.0209. The van der Waals surface area contributed by atoms with Crippen molar-refractivity contribution in [1.29, 1.82) is 0 Å². The second kappa shape index (κ2) is 5.44. The first-order valence-electron chi connectivity index (χ1n) is 5.45. The van der Waals surface area contributed by atoms with E-state index in [1.54, 1.807) is 4.90 Å². The lowest BCUT2D eigenvalue weighted by Crippen LogP contribution is -2.37. The Kier molecular flexibility index (Phi) is 3.93. The number of nitrogens with zero attached hydrogens (tertiary/aromatic N) is 2. The van der Waals surface area contributed by atoms with Crippen molar-refractivity contribution in [2.24, 2.45) is 0 Å². The zero-order valence-corrected chi connectivity index (χ0v) is 10.7. The molecule has 0 aliphatic carbocycles. The molecule has 92 valence electrons. The van der Waals surface area contributed by atoms with Crippen LogP contribution in [0, 0.1) is 5.82 Å². The maximum atomic E-state index is 13.0. The average Bonchev–Trinajstić information content (AvgIpc) is 2.28. The van der Waals surface area contributed by atoms with Crippen LogP contribution >= 0.6 is 15.9 Å². The number of hydrogen-bond donors (Lipinski definition) is 0. The van der Waals surface area contributed by atoms with Gasteiger partial charge in [-0.3, -0.25) is 0 Å². The van der Waals surface area contributed by atoms with Crippen LogP contribution in [0.1, 0.15) is 19.3 Å². The lowest BCUT2D eigenvalue weighted by molar-refractivity contribution is 0.140. The molecular formula is C11H12BrFN2O2. The van der Waals surface area contributed by atoms with E-state index < -0.39 is 11.9 Å². The van der Waals surface area contributed by atoms with Crippen molar-refractivity contribution < 1.29 is 13.9 Å². The van der Waals surface area contributed by atoms with Gasteiger partial charge in [0.1, 0.15) is 10.4 Å². The molecule has 1 amide bonds. The highest BCUT2D eigenvalue weighted by Gasteiger charge is 2.19. The van der Waals surface area contributed by atoms with E-state index >= 15 is 0 Å². The lowest BCUT2D eigenvalue weighted by atomic mass is 10.1. The highest BCUT2D eigenvalue weighted by molar-refractivity contribution is 9.10. The SMILES string of the molecule is O=C(Oc1cc(F)cc(Br)n1)N1CCCCC1. The maximum absolute atomic E-state index is 13.0. The Morgan fingerprint density at radius 3 is 2.71 bits per heavy atom. The molecule has 1 aliphatic rings. The molecule has 0 atom stereocenters. The zero-order chi connectivity index (χ0) is 12.3. The van der Waals surface area contributed by atoms with E-state index in [2.05, 4.69) is 20.9 Å². The lowest BCUT2D eigenvalue weighted by Gasteiger charge is -2.25. The van der Waals surface area contributed by atoms with Crippen molar-refractivity contribution in [3.63, 3.8) is 0 Å². The molecule has 0 radical (unpaired) electrons. The number of carbonyl (C=O) groups is 1. The highest BCUT2D eigenvalue weighted by Crippen LogP contribution is 2.17. The summed E-state index contributed by atoms with van der Waals surface area (Å²) in [5, 5.41) is 0. The van der Waals surface area contributed by atoms with Crippen molar-refractivity contribution in [3.8, 4) is 5.88 Å². The Bertz CT molecular complexity index is 402. The summed E-state index contributed by atoms with van der Waals surface area (Å²) >= 11 is 3.04. The van der Waals surface area contributed by atoms with Crippen LogP contribution in [0.4, 0.5) is 9.18 Å². The van der Waals surface area contributed by atoms with Crippen LogP contribution in [0.15, 0.2) is 16.7 Å². The molecule has 6 heteroatoms. The fourth-order valence-electron chi connectivity index (χ4n) is 1.73. The summed E-state index contributed by atoms with van der Waals surface area (Å²) in [5.41, 5.74) is 0. The minimum Gasteiger partial charge on any atom is -0.391 e. The number of carbonyl (C=O) groups excluding carboxylic acids is 1. The van der Waals surface area contributed by atoms with Gasteiger partial charge in [-0.2, -0.15) is 0 Å². The van der Waals surface area contributed by atoms with Gasteiger partial charge in [-0.15, -0.1) is 0 Å². The maximum Gasteiger partial charge on any atom is 0.416 e. The first-order chi connectivity index (χ1) is 8.15. The van der Waals surface area contributed by atoms with Crippen LogP contribution in [-0.4, -0.2) is 29.1 Å². The fraction of sp³-hybridized carbons (Fsp3) is 0.455. The monoisotopic (exact) mass is 302 g/mol. The van der Waals surface area contributed by atoms with Crippen LogP contribution in [-0.2, 0) is 0 Å². The molecular weight excluding hydrogens is 291 g/mol. The molecule has 2 rings (SSSR count). The number of piperidine rings is 1. The smallest absolute Gasteiger partial charge is 0.391 e. The number of amides is 1. The fourth-order valence-corrected chi connectivity index (χ4v) is 2.12. The van der Waals surface area contributed by atoms with Crippen LogP contribution in [0.25, 0.3) is 0 Å². The summed E-state index contributed by atoms with van der Waals surface area (Å²) in [4.78, 5) is 17.2. The summed E-state index contributed by atoms with van der Waals surface area (Å²) in [6.07, 6.45) is 2.63. The number of hydrogen-bond acceptors (Lipinski definition) is 3. The minimum atomic E-state index is -0.492. The van der Waals surface area contributed by atoms with Gasteiger partial charge in [-0.05, 0) is 35.2 Å². The van der Waals surface area contributed by atoms with Gasteiger partial charge in [-0.1, -0.05) is 0 Å². The van der Waals surface area contributed by atoms with E-state index in [0.717, 1.165) is 25.3 Å². The molecule has 4 nitrogen and oxygen atoms in total. The molecule has 1 saturated heterocycles. The molecule has 0 aromatic carbocycles. The van der Waals surface area contributed by atoms with Gasteiger partial charge in [0.2, 0.25) is 5.88 Å².